The first kappa shape index (κ1) is 10.8. The number of hydrogen-bond donors (Lipinski definition) is 0. The molecular weight excluding hydrogens is 192 g/mol. The Morgan fingerprint density at radius 1 is 1.12 bits per heavy atom. The van der Waals surface area contributed by atoms with E-state index >= 15 is 0 Å². The van der Waals surface area contributed by atoms with E-state index in [2.05, 4.69) is 24.5 Å². The zero-order valence-electron chi connectivity index (χ0n) is 9.50. The maximum Gasteiger partial charge on any atom is 0.0249 e. The maximum absolute atomic E-state index is 4.01. The first-order valence-corrected chi connectivity index (χ1v) is 5.81. The van der Waals surface area contributed by atoms with Crippen LogP contribution in [0.15, 0.2) is 48.6 Å². The third kappa shape index (κ3) is 2.87. The molecule has 0 radical (unpaired) electrons. The van der Waals surface area contributed by atoms with Gasteiger partial charge in [0.25, 0.3) is 0 Å². The third-order valence-electron chi connectivity index (χ3n) is 2.79. The second kappa shape index (κ2) is 5.37. The molecule has 0 heteroatoms. The largest absolute Gasteiger partial charge is 0.0827 e. The van der Waals surface area contributed by atoms with Crippen LogP contribution < -0.4 is 0 Å². The Kier molecular flexibility index (Phi) is 3.62. The molecule has 0 bridgehead atoms. The lowest BCUT2D eigenvalue weighted by Crippen LogP contribution is -1.88. The minimum atomic E-state index is 0.909. The van der Waals surface area contributed by atoms with Crippen molar-refractivity contribution in [1.82, 2.24) is 0 Å². The number of allylic oxidation sites excluding steroid dienone is 3. The molecule has 0 fully saturated rings. The SMILES string of the molecule is C=C(C#CC1=CCCCC1)c1ccccc1. The highest BCUT2D eigenvalue weighted by Gasteiger charge is 2.00. The van der Waals surface area contributed by atoms with Gasteiger partial charge in [-0.25, -0.2) is 0 Å². The van der Waals surface area contributed by atoms with Gasteiger partial charge < -0.3 is 0 Å². The Morgan fingerprint density at radius 3 is 2.62 bits per heavy atom. The fourth-order valence-corrected chi connectivity index (χ4v) is 1.82. The maximum atomic E-state index is 4.01. The molecule has 1 aromatic rings. The number of benzene rings is 1. The lowest BCUT2D eigenvalue weighted by molar-refractivity contribution is 0.715. The zero-order chi connectivity index (χ0) is 11.2. The van der Waals surface area contributed by atoms with E-state index < -0.39 is 0 Å². The van der Waals surface area contributed by atoms with E-state index in [1.165, 1.54) is 24.8 Å². The summed E-state index contributed by atoms with van der Waals surface area (Å²) in [6, 6.07) is 10.1. The Morgan fingerprint density at radius 2 is 1.94 bits per heavy atom. The minimum Gasteiger partial charge on any atom is -0.0827 e. The molecule has 1 aliphatic carbocycles. The van der Waals surface area contributed by atoms with E-state index in [4.69, 9.17) is 0 Å². The summed E-state index contributed by atoms with van der Waals surface area (Å²) in [7, 11) is 0. The molecule has 0 unspecified atom stereocenters. The second-order valence-electron chi connectivity index (χ2n) is 4.07. The highest BCUT2D eigenvalue weighted by molar-refractivity contribution is 5.77. The molecule has 0 heterocycles. The molecule has 0 aliphatic heterocycles. The summed E-state index contributed by atoms with van der Waals surface area (Å²) >= 11 is 0. The molecule has 2 rings (SSSR count). The van der Waals surface area contributed by atoms with E-state index in [0.29, 0.717) is 0 Å². The Bertz CT molecular complexity index is 452. The quantitative estimate of drug-likeness (QED) is 0.607. The average Bonchev–Trinajstić information content (AvgIpc) is 2.38. The lowest BCUT2D eigenvalue weighted by Gasteiger charge is -2.05. The van der Waals surface area contributed by atoms with Gasteiger partial charge >= 0.3 is 0 Å². The second-order valence-corrected chi connectivity index (χ2v) is 4.07. The fraction of sp³-hybridized carbons (Fsp3) is 0.250. The van der Waals surface area contributed by atoms with Gasteiger partial charge in [-0.3, -0.25) is 0 Å². The van der Waals surface area contributed by atoms with Crippen molar-refractivity contribution in [2.45, 2.75) is 25.7 Å². The predicted molar refractivity (Wildman–Crippen MR) is 69.8 cm³/mol. The molecule has 0 saturated heterocycles. The van der Waals surface area contributed by atoms with Crippen LogP contribution in [0.5, 0.6) is 0 Å². The molecule has 16 heavy (non-hydrogen) atoms. The smallest absolute Gasteiger partial charge is 0.0249 e. The van der Waals surface area contributed by atoms with Crippen LogP contribution in [0.4, 0.5) is 0 Å². The molecule has 0 nitrogen and oxygen atoms in total. The van der Waals surface area contributed by atoms with Crippen molar-refractivity contribution in [3.05, 3.63) is 54.1 Å². The summed E-state index contributed by atoms with van der Waals surface area (Å²) in [6.07, 6.45) is 7.16. The van der Waals surface area contributed by atoms with Gasteiger partial charge in [-0.05, 0) is 36.8 Å². The van der Waals surface area contributed by atoms with Crippen LogP contribution in [0.1, 0.15) is 31.2 Å². The topological polar surface area (TPSA) is 0 Å². The highest BCUT2D eigenvalue weighted by Crippen LogP contribution is 2.17. The van der Waals surface area contributed by atoms with Crippen molar-refractivity contribution in [1.29, 1.82) is 0 Å². The average molecular weight is 208 g/mol. The van der Waals surface area contributed by atoms with Gasteiger partial charge in [-0.2, -0.15) is 0 Å². The number of hydrogen-bond acceptors (Lipinski definition) is 0. The van der Waals surface area contributed by atoms with Gasteiger partial charge in [0.15, 0.2) is 0 Å². The molecule has 0 atom stereocenters. The van der Waals surface area contributed by atoms with Gasteiger partial charge in [0, 0.05) is 5.57 Å². The first-order chi connectivity index (χ1) is 7.86. The van der Waals surface area contributed by atoms with Crippen LogP contribution in [0.3, 0.4) is 0 Å². The predicted octanol–water partition coefficient (Wildman–Crippen LogP) is 4.20. The molecule has 0 spiro atoms. The van der Waals surface area contributed by atoms with Crippen molar-refractivity contribution in [3.63, 3.8) is 0 Å². The van der Waals surface area contributed by atoms with Crippen LogP contribution in [-0.2, 0) is 0 Å². The molecule has 80 valence electrons. The Balaban J connectivity index is 2.08. The standard InChI is InChI=1S/C16H16/c1-14(16-10-6-3-7-11-16)12-13-15-8-4-2-5-9-15/h3,6-8,10-11H,1-2,4-5,9H2. The van der Waals surface area contributed by atoms with Gasteiger partial charge in [0.05, 0.1) is 0 Å². The molecule has 0 aromatic heterocycles. The zero-order valence-corrected chi connectivity index (χ0v) is 9.50. The van der Waals surface area contributed by atoms with E-state index in [1.807, 2.05) is 30.3 Å². The van der Waals surface area contributed by atoms with E-state index in [1.54, 1.807) is 0 Å². The van der Waals surface area contributed by atoms with Gasteiger partial charge in [0.2, 0.25) is 0 Å². The molecular formula is C16H16. The first-order valence-electron chi connectivity index (χ1n) is 5.81. The van der Waals surface area contributed by atoms with Gasteiger partial charge in [-0.15, -0.1) is 0 Å². The molecule has 0 saturated carbocycles. The monoisotopic (exact) mass is 208 g/mol. The summed E-state index contributed by atoms with van der Waals surface area (Å²) < 4.78 is 0. The molecule has 1 aromatic carbocycles. The van der Waals surface area contributed by atoms with Gasteiger partial charge in [-0.1, -0.05) is 54.8 Å². The molecule has 0 N–H and O–H groups in total. The van der Waals surface area contributed by atoms with Crippen LogP contribution in [0.25, 0.3) is 5.57 Å². The lowest BCUT2D eigenvalue weighted by atomic mass is 9.99. The van der Waals surface area contributed by atoms with Crippen LogP contribution in [0, 0.1) is 11.8 Å². The summed E-state index contributed by atoms with van der Waals surface area (Å²) in [5.41, 5.74) is 3.31. The van der Waals surface area contributed by atoms with Crippen molar-refractivity contribution >= 4 is 5.57 Å². The van der Waals surface area contributed by atoms with E-state index in [-0.39, 0.29) is 0 Å². The highest BCUT2D eigenvalue weighted by atomic mass is 14.0. The Labute approximate surface area is 97.7 Å². The van der Waals surface area contributed by atoms with Crippen molar-refractivity contribution in [3.8, 4) is 11.8 Å². The third-order valence-corrected chi connectivity index (χ3v) is 2.79. The van der Waals surface area contributed by atoms with Gasteiger partial charge in [0.1, 0.15) is 0 Å². The minimum absolute atomic E-state index is 0.909. The van der Waals surface area contributed by atoms with E-state index in [9.17, 15) is 0 Å². The van der Waals surface area contributed by atoms with Crippen molar-refractivity contribution < 1.29 is 0 Å². The van der Waals surface area contributed by atoms with Crippen molar-refractivity contribution in [2.24, 2.45) is 0 Å². The normalized spacial score (nSPS) is 14.6. The summed E-state index contributed by atoms with van der Waals surface area (Å²) in [4.78, 5) is 0. The van der Waals surface area contributed by atoms with E-state index in [0.717, 1.165) is 17.6 Å². The van der Waals surface area contributed by atoms with Crippen LogP contribution in [0.2, 0.25) is 0 Å². The fourth-order valence-electron chi connectivity index (χ4n) is 1.82. The van der Waals surface area contributed by atoms with Crippen molar-refractivity contribution in [2.75, 3.05) is 0 Å². The molecule has 0 amide bonds. The summed E-state index contributed by atoms with van der Waals surface area (Å²) in [5.74, 6) is 6.39. The van der Waals surface area contributed by atoms with Crippen LogP contribution in [-0.4, -0.2) is 0 Å². The number of rotatable bonds is 1. The van der Waals surface area contributed by atoms with Crippen LogP contribution >= 0.6 is 0 Å². The summed E-state index contributed by atoms with van der Waals surface area (Å²) in [5, 5.41) is 0. The Hall–Kier alpha value is -1.74. The molecule has 1 aliphatic rings. The summed E-state index contributed by atoms with van der Waals surface area (Å²) in [6.45, 7) is 4.01.